The van der Waals surface area contributed by atoms with Crippen LogP contribution in [0.4, 0.5) is 0 Å². The summed E-state index contributed by atoms with van der Waals surface area (Å²) < 4.78 is 6.46. The first-order chi connectivity index (χ1) is 8.26. The van der Waals surface area contributed by atoms with Gasteiger partial charge >= 0.3 is 0 Å². The molecule has 0 aromatic carbocycles. The van der Waals surface area contributed by atoms with Gasteiger partial charge in [0.1, 0.15) is 11.4 Å². The molecule has 3 nitrogen and oxygen atoms in total. The Labute approximate surface area is 113 Å². The van der Waals surface area contributed by atoms with Crippen LogP contribution in [-0.4, -0.2) is 19.1 Å². The van der Waals surface area contributed by atoms with Crippen LogP contribution in [-0.2, 0) is 0 Å². The number of ether oxygens (including phenoxy) is 1. The molecule has 5 heteroatoms. The number of hydrogen-bond acceptors (Lipinski definition) is 4. The molecule has 2 heterocycles. The van der Waals surface area contributed by atoms with E-state index in [2.05, 4.69) is 37.7 Å². The number of pyridine rings is 1. The Balaban J connectivity index is 2.41. The van der Waals surface area contributed by atoms with Crippen molar-refractivity contribution in [3.05, 3.63) is 44.8 Å². The summed E-state index contributed by atoms with van der Waals surface area (Å²) in [6.45, 7) is 0. The van der Waals surface area contributed by atoms with Crippen molar-refractivity contribution in [1.29, 1.82) is 0 Å². The van der Waals surface area contributed by atoms with Crippen molar-refractivity contribution in [2.45, 2.75) is 6.04 Å². The van der Waals surface area contributed by atoms with Crippen molar-refractivity contribution in [2.75, 3.05) is 14.2 Å². The molecule has 0 aliphatic heterocycles. The van der Waals surface area contributed by atoms with Crippen molar-refractivity contribution >= 4 is 27.3 Å². The van der Waals surface area contributed by atoms with Gasteiger partial charge in [0.25, 0.3) is 0 Å². The van der Waals surface area contributed by atoms with E-state index in [1.165, 1.54) is 5.56 Å². The molecule has 0 saturated carbocycles. The van der Waals surface area contributed by atoms with Crippen LogP contribution in [0.5, 0.6) is 5.75 Å². The Bertz CT molecular complexity index is 501. The van der Waals surface area contributed by atoms with Crippen molar-refractivity contribution in [3.63, 3.8) is 0 Å². The molecule has 17 heavy (non-hydrogen) atoms. The van der Waals surface area contributed by atoms with Gasteiger partial charge in [0.05, 0.1) is 16.9 Å². The van der Waals surface area contributed by atoms with Gasteiger partial charge in [-0.25, -0.2) is 0 Å². The zero-order valence-electron chi connectivity index (χ0n) is 9.61. The highest BCUT2D eigenvalue weighted by molar-refractivity contribution is 9.11. The van der Waals surface area contributed by atoms with Crippen molar-refractivity contribution in [3.8, 4) is 5.75 Å². The highest BCUT2D eigenvalue weighted by atomic mass is 79.9. The predicted octanol–water partition coefficient (Wildman–Crippen LogP) is 3.22. The number of hydrogen-bond donors (Lipinski definition) is 1. The Morgan fingerprint density at radius 3 is 2.94 bits per heavy atom. The minimum absolute atomic E-state index is 0.0497. The van der Waals surface area contributed by atoms with Gasteiger partial charge in [-0.1, -0.05) is 0 Å². The first-order valence-electron chi connectivity index (χ1n) is 5.16. The van der Waals surface area contributed by atoms with Crippen LogP contribution in [0.1, 0.15) is 17.3 Å². The second-order valence-electron chi connectivity index (χ2n) is 3.50. The third kappa shape index (κ3) is 2.68. The summed E-state index contributed by atoms with van der Waals surface area (Å²) in [7, 11) is 3.58. The molecule has 1 N–H and O–H groups in total. The van der Waals surface area contributed by atoms with Gasteiger partial charge in [0.2, 0.25) is 0 Å². The quantitative estimate of drug-likeness (QED) is 0.941. The van der Waals surface area contributed by atoms with Crippen LogP contribution >= 0.6 is 27.3 Å². The maximum Gasteiger partial charge on any atom is 0.142 e. The molecule has 1 unspecified atom stereocenters. The normalized spacial score (nSPS) is 12.4. The number of nitrogens with zero attached hydrogens (tertiary/aromatic N) is 1. The molecule has 0 radical (unpaired) electrons. The van der Waals surface area contributed by atoms with Crippen LogP contribution in [0.2, 0.25) is 0 Å². The first kappa shape index (κ1) is 12.5. The molecule has 0 spiro atoms. The van der Waals surface area contributed by atoms with E-state index in [0.717, 1.165) is 15.2 Å². The third-order valence-corrected chi connectivity index (χ3v) is 4.03. The fourth-order valence-electron chi connectivity index (χ4n) is 1.73. The summed E-state index contributed by atoms with van der Waals surface area (Å²) in [5, 5.41) is 5.38. The van der Waals surface area contributed by atoms with E-state index in [1.54, 1.807) is 24.6 Å². The number of aromatic nitrogens is 1. The zero-order chi connectivity index (χ0) is 12.3. The van der Waals surface area contributed by atoms with Crippen molar-refractivity contribution < 1.29 is 4.74 Å². The van der Waals surface area contributed by atoms with E-state index in [1.807, 2.05) is 19.2 Å². The number of rotatable bonds is 4. The lowest BCUT2D eigenvalue weighted by atomic mass is 10.1. The molecule has 0 amide bonds. The van der Waals surface area contributed by atoms with Gasteiger partial charge in [0, 0.05) is 6.20 Å². The summed E-state index contributed by atoms with van der Waals surface area (Å²) in [6, 6.07) is 5.95. The smallest absolute Gasteiger partial charge is 0.142 e. The molecule has 90 valence electrons. The molecule has 0 bridgehead atoms. The molecule has 2 aromatic rings. The Morgan fingerprint density at radius 2 is 2.35 bits per heavy atom. The fraction of sp³-hybridized carbons (Fsp3) is 0.250. The largest absolute Gasteiger partial charge is 0.495 e. The molecular formula is C12H13BrN2OS. The Morgan fingerprint density at radius 1 is 1.53 bits per heavy atom. The summed E-state index contributed by atoms with van der Waals surface area (Å²) >= 11 is 5.14. The fourth-order valence-corrected chi connectivity index (χ4v) is 2.93. The zero-order valence-corrected chi connectivity index (χ0v) is 12.0. The Kier molecular flexibility index (Phi) is 4.15. The van der Waals surface area contributed by atoms with Gasteiger partial charge in [-0.15, -0.1) is 11.3 Å². The second kappa shape index (κ2) is 5.62. The van der Waals surface area contributed by atoms with Gasteiger partial charge in [-0.3, -0.25) is 4.98 Å². The molecule has 0 fully saturated rings. The van der Waals surface area contributed by atoms with Crippen LogP contribution in [0.25, 0.3) is 0 Å². The van der Waals surface area contributed by atoms with Crippen LogP contribution in [0, 0.1) is 0 Å². The van der Waals surface area contributed by atoms with Gasteiger partial charge < -0.3 is 10.1 Å². The first-order valence-corrected chi connectivity index (χ1v) is 6.83. The molecule has 0 aliphatic carbocycles. The topological polar surface area (TPSA) is 34.2 Å². The average molecular weight is 313 g/mol. The number of methoxy groups -OCH3 is 1. The summed E-state index contributed by atoms with van der Waals surface area (Å²) in [5.41, 5.74) is 2.09. The molecule has 1 atom stereocenters. The van der Waals surface area contributed by atoms with E-state index < -0.39 is 0 Å². The van der Waals surface area contributed by atoms with Gasteiger partial charge in [0.15, 0.2) is 0 Å². The minimum atomic E-state index is 0.0497. The van der Waals surface area contributed by atoms with Crippen molar-refractivity contribution in [2.24, 2.45) is 0 Å². The Hall–Kier alpha value is -0.910. The highest BCUT2D eigenvalue weighted by Crippen LogP contribution is 2.31. The lowest BCUT2D eigenvalue weighted by Gasteiger charge is -2.16. The van der Waals surface area contributed by atoms with E-state index in [-0.39, 0.29) is 6.04 Å². The minimum Gasteiger partial charge on any atom is -0.495 e. The number of halogens is 1. The molecule has 2 rings (SSSR count). The van der Waals surface area contributed by atoms with E-state index in [4.69, 9.17) is 4.74 Å². The third-order valence-electron chi connectivity index (χ3n) is 2.50. The molecular weight excluding hydrogens is 300 g/mol. The van der Waals surface area contributed by atoms with Crippen LogP contribution in [0.3, 0.4) is 0 Å². The van der Waals surface area contributed by atoms with Gasteiger partial charge in [-0.05, 0) is 52.1 Å². The highest BCUT2D eigenvalue weighted by Gasteiger charge is 2.18. The summed E-state index contributed by atoms with van der Waals surface area (Å²) in [6.07, 6.45) is 1.78. The molecule has 2 aromatic heterocycles. The van der Waals surface area contributed by atoms with Gasteiger partial charge in [-0.2, -0.15) is 0 Å². The standard InChI is InChI=1S/C12H13BrN2OS/c1-14-11(8-6-10(13)17-7-8)12-9(16-2)4-3-5-15-12/h3-7,11,14H,1-2H3. The monoisotopic (exact) mass is 312 g/mol. The molecule has 0 saturated heterocycles. The summed E-state index contributed by atoms with van der Waals surface area (Å²) in [4.78, 5) is 4.41. The second-order valence-corrected chi connectivity index (χ2v) is 5.79. The predicted molar refractivity (Wildman–Crippen MR) is 73.7 cm³/mol. The van der Waals surface area contributed by atoms with E-state index in [9.17, 15) is 0 Å². The van der Waals surface area contributed by atoms with Crippen LogP contribution in [0.15, 0.2) is 33.6 Å². The lowest BCUT2D eigenvalue weighted by molar-refractivity contribution is 0.401. The van der Waals surface area contributed by atoms with Crippen LogP contribution < -0.4 is 10.1 Å². The number of thiophene rings is 1. The molecule has 0 aliphatic rings. The SMILES string of the molecule is CNC(c1csc(Br)c1)c1ncccc1OC. The average Bonchev–Trinajstić information content (AvgIpc) is 2.77. The maximum absolute atomic E-state index is 5.35. The summed E-state index contributed by atoms with van der Waals surface area (Å²) in [5.74, 6) is 0.800. The van der Waals surface area contributed by atoms with E-state index >= 15 is 0 Å². The maximum atomic E-state index is 5.35. The van der Waals surface area contributed by atoms with Crippen molar-refractivity contribution in [1.82, 2.24) is 10.3 Å². The van der Waals surface area contributed by atoms with E-state index in [0.29, 0.717) is 0 Å². The lowest BCUT2D eigenvalue weighted by Crippen LogP contribution is -2.19. The number of nitrogens with one attached hydrogen (secondary N) is 1.